The molecule has 1 aromatic heterocycles. The zero-order valence-corrected chi connectivity index (χ0v) is 11.6. The van der Waals surface area contributed by atoms with Gasteiger partial charge in [-0.25, -0.2) is 0 Å². The van der Waals surface area contributed by atoms with Gasteiger partial charge in [0.2, 0.25) is 0 Å². The van der Waals surface area contributed by atoms with Crippen LogP contribution < -0.4 is 15.3 Å². The maximum absolute atomic E-state index is 5.75. The van der Waals surface area contributed by atoms with Gasteiger partial charge in [-0.1, -0.05) is 55.1 Å². The molecule has 3 rings (SSSR count). The van der Waals surface area contributed by atoms with E-state index in [0.29, 0.717) is 6.61 Å². The zero-order valence-electron chi connectivity index (χ0n) is 11.6. The number of ether oxygens (including phenoxy) is 1. The number of hydrogen-bond acceptors (Lipinski definition) is 2. The van der Waals surface area contributed by atoms with Gasteiger partial charge in [-0.15, -0.1) is 0 Å². The Labute approximate surface area is 123 Å². The van der Waals surface area contributed by atoms with Crippen molar-refractivity contribution in [3.8, 4) is 5.75 Å². The molecule has 104 valence electrons. The second-order valence-electron chi connectivity index (χ2n) is 4.72. The van der Waals surface area contributed by atoms with Crippen LogP contribution in [0.15, 0.2) is 60.7 Å². The molecule has 0 bridgehead atoms. The Morgan fingerprint density at radius 3 is 2.38 bits per heavy atom. The van der Waals surface area contributed by atoms with Gasteiger partial charge in [0.15, 0.2) is 0 Å². The Hall–Kier alpha value is -2.81. The third-order valence-electron chi connectivity index (χ3n) is 3.19. The van der Waals surface area contributed by atoms with Crippen molar-refractivity contribution >= 4 is 12.7 Å². The van der Waals surface area contributed by atoms with Gasteiger partial charge >= 0.3 is 0 Å². The highest BCUT2D eigenvalue weighted by Gasteiger charge is 2.02. The normalized spacial score (nSPS) is 11.5. The van der Waals surface area contributed by atoms with E-state index < -0.39 is 0 Å². The molecule has 0 aliphatic heterocycles. The van der Waals surface area contributed by atoms with Gasteiger partial charge in [0.25, 0.3) is 0 Å². The summed E-state index contributed by atoms with van der Waals surface area (Å²) < 4.78 is 5.75. The predicted molar refractivity (Wildman–Crippen MR) is 84.1 cm³/mol. The summed E-state index contributed by atoms with van der Waals surface area (Å²) in [6, 6.07) is 19.8. The summed E-state index contributed by atoms with van der Waals surface area (Å²) in [6.07, 6.45) is 2.06. The lowest BCUT2D eigenvalue weighted by Crippen LogP contribution is -2.24. The molecule has 0 spiro atoms. The fourth-order valence-electron chi connectivity index (χ4n) is 2.09. The van der Waals surface area contributed by atoms with Gasteiger partial charge < -0.3 is 4.74 Å². The predicted octanol–water partition coefficient (Wildman–Crippen LogP) is 2.23. The Balaban J connectivity index is 1.88. The summed E-state index contributed by atoms with van der Waals surface area (Å²) in [6.45, 7) is 4.40. The average Bonchev–Trinajstić information content (AvgIpc) is 2.88. The highest BCUT2D eigenvalue weighted by molar-refractivity contribution is 5.49. The Morgan fingerprint density at radius 2 is 1.67 bits per heavy atom. The molecule has 3 heteroatoms. The first-order valence-electron chi connectivity index (χ1n) is 6.80. The summed E-state index contributed by atoms with van der Waals surface area (Å²) in [5, 5.41) is 8.98. The minimum absolute atomic E-state index is 0.411. The average molecular weight is 276 g/mol. The number of rotatable bonds is 4. The van der Waals surface area contributed by atoms with Crippen LogP contribution in [0.3, 0.4) is 0 Å². The lowest BCUT2D eigenvalue weighted by molar-refractivity contribution is 0.300. The van der Waals surface area contributed by atoms with Gasteiger partial charge in [-0.3, -0.25) is 5.10 Å². The largest absolute Gasteiger partial charge is 0.487 e. The van der Waals surface area contributed by atoms with E-state index in [-0.39, 0.29) is 0 Å². The maximum atomic E-state index is 5.75. The minimum Gasteiger partial charge on any atom is -0.487 e. The standard InChI is InChI=1S/C18H16N2O/c1-14-17(12-15-8-4-2-5-9-15)18(20-19-14)13-21-16-10-6-3-7-11-16/h2-12,19H,1,13H2/b17-12-. The van der Waals surface area contributed by atoms with Crippen LogP contribution in [0.2, 0.25) is 0 Å². The molecule has 3 aromatic rings. The van der Waals surface area contributed by atoms with E-state index in [4.69, 9.17) is 4.74 Å². The van der Waals surface area contributed by atoms with Crippen LogP contribution >= 0.6 is 0 Å². The number of aromatic amines is 1. The summed E-state index contributed by atoms with van der Waals surface area (Å²) in [7, 11) is 0. The molecule has 0 saturated heterocycles. The lowest BCUT2D eigenvalue weighted by atomic mass is 10.2. The minimum atomic E-state index is 0.411. The molecular weight excluding hydrogens is 260 g/mol. The summed E-state index contributed by atoms with van der Waals surface area (Å²) in [4.78, 5) is 0. The molecule has 0 amide bonds. The van der Waals surface area contributed by atoms with Crippen molar-refractivity contribution in [2.75, 3.05) is 0 Å². The number of H-pyrrole nitrogens is 1. The van der Waals surface area contributed by atoms with Crippen LogP contribution in [0.1, 0.15) is 11.3 Å². The van der Waals surface area contributed by atoms with Gasteiger partial charge in [0.1, 0.15) is 18.1 Å². The van der Waals surface area contributed by atoms with Crippen LogP contribution in [0, 0.1) is 0 Å². The monoisotopic (exact) mass is 276 g/mol. The van der Waals surface area contributed by atoms with Crippen LogP contribution in [0.25, 0.3) is 12.7 Å². The number of nitrogens with zero attached hydrogens (tertiary/aromatic N) is 1. The SMILES string of the molecule is C=c1[nH]nc(COc2ccccc2)/c1=C\c1ccccc1. The topological polar surface area (TPSA) is 37.9 Å². The molecule has 1 N–H and O–H groups in total. The second kappa shape index (κ2) is 6.09. The van der Waals surface area contributed by atoms with Gasteiger partial charge in [0.05, 0.1) is 5.35 Å². The van der Waals surface area contributed by atoms with E-state index in [0.717, 1.165) is 27.6 Å². The lowest BCUT2D eigenvalue weighted by Gasteiger charge is -2.03. The van der Waals surface area contributed by atoms with E-state index in [1.807, 2.05) is 60.7 Å². The van der Waals surface area contributed by atoms with Crippen LogP contribution in [0.4, 0.5) is 0 Å². The molecular formula is C18H16N2O. The first-order valence-corrected chi connectivity index (χ1v) is 6.80. The number of para-hydroxylation sites is 1. The molecule has 0 unspecified atom stereocenters. The summed E-state index contributed by atoms with van der Waals surface area (Å²) in [5.74, 6) is 0.830. The van der Waals surface area contributed by atoms with E-state index in [2.05, 4.69) is 22.9 Å². The fourth-order valence-corrected chi connectivity index (χ4v) is 2.09. The summed E-state index contributed by atoms with van der Waals surface area (Å²) >= 11 is 0. The molecule has 0 aliphatic carbocycles. The van der Waals surface area contributed by atoms with Crippen molar-refractivity contribution in [2.24, 2.45) is 0 Å². The molecule has 0 fully saturated rings. The number of aromatic nitrogens is 2. The first kappa shape index (κ1) is 13.2. The summed E-state index contributed by atoms with van der Waals surface area (Å²) in [5.41, 5.74) is 1.97. The van der Waals surface area contributed by atoms with Crippen LogP contribution in [-0.2, 0) is 6.61 Å². The first-order chi connectivity index (χ1) is 10.3. The molecule has 3 nitrogen and oxygen atoms in total. The van der Waals surface area contributed by atoms with Crippen molar-refractivity contribution in [1.82, 2.24) is 10.2 Å². The number of nitrogens with one attached hydrogen (secondary N) is 1. The van der Waals surface area contributed by atoms with Crippen molar-refractivity contribution in [1.29, 1.82) is 0 Å². The zero-order chi connectivity index (χ0) is 14.5. The van der Waals surface area contributed by atoms with Crippen molar-refractivity contribution in [3.05, 3.63) is 82.5 Å². The van der Waals surface area contributed by atoms with Crippen LogP contribution in [-0.4, -0.2) is 10.2 Å². The molecule has 1 heterocycles. The van der Waals surface area contributed by atoms with E-state index >= 15 is 0 Å². The van der Waals surface area contributed by atoms with E-state index in [1.54, 1.807) is 0 Å². The van der Waals surface area contributed by atoms with Crippen LogP contribution in [0.5, 0.6) is 5.75 Å². The van der Waals surface area contributed by atoms with Crippen molar-refractivity contribution in [2.45, 2.75) is 6.61 Å². The number of benzene rings is 2. The third kappa shape index (κ3) is 3.20. The Bertz CT molecular complexity index is 807. The molecule has 2 aromatic carbocycles. The molecule has 0 saturated carbocycles. The van der Waals surface area contributed by atoms with Gasteiger partial charge in [0, 0.05) is 5.22 Å². The second-order valence-corrected chi connectivity index (χ2v) is 4.72. The highest BCUT2D eigenvalue weighted by atomic mass is 16.5. The molecule has 21 heavy (non-hydrogen) atoms. The Kier molecular flexibility index (Phi) is 3.83. The van der Waals surface area contributed by atoms with E-state index in [1.165, 1.54) is 0 Å². The number of hydrogen-bond donors (Lipinski definition) is 1. The molecule has 0 radical (unpaired) electrons. The molecule has 0 atom stereocenters. The van der Waals surface area contributed by atoms with Gasteiger partial charge in [-0.05, 0) is 23.8 Å². The highest BCUT2D eigenvalue weighted by Crippen LogP contribution is 2.09. The Morgan fingerprint density at radius 1 is 1.00 bits per heavy atom. The third-order valence-corrected chi connectivity index (χ3v) is 3.19. The smallest absolute Gasteiger partial charge is 0.133 e. The van der Waals surface area contributed by atoms with Crippen molar-refractivity contribution < 1.29 is 4.74 Å². The quantitative estimate of drug-likeness (QED) is 0.793. The molecule has 0 aliphatic rings. The maximum Gasteiger partial charge on any atom is 0.133 e. The fraction of sp³-hybridized carbons (Fsp3) is 0.0556. The van der Waals surface area contributed by atoms with Crippen molar-refractivity contribution in [3.63, 3.8) is 0 Å². The van der Waals surface area contributed by atoms with Gasteiger partial charge in [-0.2, -0.15) is 5.10 Å². The van der Waals surface area contributed by atoms with E-state index in [9.17, 15) is 0 Å².